The van der Waals surface area contributed by atoms with Gasteiger partial charge in [-0.25, -0.2) is 0 Å². The highest BCUT2D eigenvalue weighted by Crippen LogP contribution is 2.32. The van der Waals surface area contributed by atoms with Gasteiger partial charge in [-0.2, -0.15) is 0 Å². The number of hydrogen-bond acceptors (Lipinski definition) is 4. The SMILES string of the molecule is C=C[C@H](O)[C@@H]1OC(C)(C)O[C@H]1[C@@H](O)C=C. The van der Waals surface area contributed by atoms with Crippen molar-refractivity contribution in [1.82, 2.24) is 0 Å². The molecule has 86 valence electrons. The third kappa shape index (κ3) is 2.66. The van der Waals surface area contributed by atoms with E-state index in [1.165, 1.54) is 12.2 Å². The molecule has 1 fully saturated rings. The Morgan fingerprint density at radius 3 is 1.67 bits per heavy atom. The van der Waals surface area contributed by atoms with Gasteiger partial charge < -0.3 is 19.7 Å². The van der Waals surface area contributed by atoms with Gasteiger partial charge in [-0.3, -0.25) is 0 Å². The molecule has 0 radical (unpaired) electrons. The van der Waals surface area contributed by atoms with Gasteiger partial charge in [0.15, 0.2) is 5.79 Å². The molecule has 0 bridgehead atoms. The molecule has 0 aromatic heterocycles. The summed E-state index contributed by atoms with van der Waals surface area (Å²) in [6.07, 6.45) is -0.259. The lowest BCUT2D eigenvalue weighted by Crippen LogP contribution is -2.40. The molecule has 4 nitrogen and oxygen atoms in total. The van der Waals surface area contributed by atoms with Crippen LogP contribution < -0.4 is 0 Å². The minimum atomic E-state index is -0.869. The molecule has 1 heterocycles. The van der Waals surface area contributed by atoms with Crippen LogP contribution in [-0.2, 0) is 9.47 Å². The fourth-order valence-electron chi connectivity index (χ4n) is 1.61. The zero-order chi connectivity index (χ0) is 11.6. The van der Waals surface area contributed by atoms with Crippen molar-refractivity contribution in [3.63, 3.8) is 0 Å². The standard InChI is InChI=1S/C11H18O4/c1-5-7(12)9-10(8(13)6-2)15-11(3,4)14-9/h5-10,12-13H,1-2H2,3-4H3/t7-,8-,9-,10-/m0/s1. The predicted molar refractivity (Wildman–Crippen MR) is 56.2 cm³/mol. The van der Waals surface area contributed by atoms with Crippen LogP contribution in [0.25, 0.3) is 0 Å². The molecule has 4 atom stereocenters. The molecular weight excluding hydrogens is 196 g/mol. The summed E-state index contributed by atoms with van der Waals surface area (Å²) in [5.74, 6) is -0.816. The van der Waals surface area contributed by atoms with Gasteiger partial charge in [0.2, 0.25) is 0 Å². The Morgan fingerprint density at radius 1 is 1.07 bits per heavy atom. The first-order valence-electron chi connectivity index (χ1n) is 4.88. The second kappa shape index (κ2) is 4.45. The van der Waals surface area contributed by atoms with E-state index in [0.29, 0.717) is 0 Å². The van der Waals surface area contributed by atoms with Crippen LogP contribution in [0, 0.1) is 0 Å². The van der Waals surface area contributed by atoms with Crippen molar-refractivity contribution < 1.29 is 19.7 Å². The Labute approximate surface area is 89.8 Å². The van der Waals surface area contributed by atoms with Crippen molar-refractivity contribution in [2.45, 2.75) is 44.1 Å². The predicted octanol–water partition coefficient (Wildman–Crippen LogP) is 0.600. The van der Waals surface area contributed by atoms with Crippen LogP contribution in [0.15, 0.2) is 25.3 Å². The maximum absolute atomic E-state index is 9.64. The fourth-order valence-corrected chi connectivity index (χ4v) is 1.61. The molecule has 1 aliphatic heterocycles. The average Bonchev–Trinajstić information content (AvgIpc) is 2.52. The lowest BCUT2D eigenvalue weighted by Gasteiger charge is -2.21. The normalized spacial score (nSPS) is 33.3. The van der Waals surface area contributed by atoms with Gasteiger partial charge in [-0.15, -0.1) is 13.2 Å². The number of hydrogen-bond donors (Lipinski definition) is 2. The largest absolute Gasteiger partial charge is 0.386 e. The third-order valence-corrected chi connectivity index (χ3v) is 2.32. The van der Waals surface area contributed by atoms with Crippen molar-refractivity contribution in [3.8, 4) is 0 Å². The molecule has 15 heavy (non-hydrogen) atoms. The second-order valence-electron chi connectivity index (χ2n) is 4.02. The van der Waals surface area contributed by atoms with Gasteiger partial charge in [0.05, 0.1) is 0 Å². The van der Waals surface area contributed by atoms with E-state index in [2.05, 4.69) is 13.2 Å². The van der Waals surface area contributed by atoms with Crippen molar-refractivity contribution in [3.05, 3.63) is 25.3 Å². The molecule has 2 N–H and O–H groups in total. The summed E-state index contributed by atoms with van der Waals surface area (Å²) in [6.45, 7) is 10.4. The van der Waals surface area contributed by atoms with Crippen LogP contribution in [0.5, 0.6) is 0 Å². The monoisotopic (exact) mass is 214 g/mol. The molecule has 0 aromatic carbocycles. The fraction of sp³-hybridized carbons (Fsp3) is 0.636. The molecule has 1 aliphatic rings. The zero-order valence-corrected chi connectivity index (χ0v) is 9.09. The summed E-state index contributed by atoms with van der Waals surface area (Å²) in [4.78, 5) is 0. The van der Waals surface area contributed by atoms with Gasteiger partial charge in [-0.1, -0.05) is 12.2 Å². The first kappa shape index (κ1) is 12.4. The zero-order valence-electron chi connectivity index (χ0n) is 9.09. The van der Waals surface area contributed by atoms with Crippen LogP contribution in [0.1, 0.15) is 13.8 Å². The highest BCUT2D eigenvalue weighted by atomic mass is 16.8. The molecule has 0 aliphatic carbocycles. The molecule has 0 spiro atoms. The van der Waals surface area contributed by atoms with Crippen molar-refractivity contribution in [2.75, 3.05) is 0 Å². The van der Waals surface area contributed by atoms with Gasteiger partial charge in [-0.05, 0) is 13.8 Å². The molecule has 1 rings (SSSR count). The van der Waals surface area contributed by atoms with Gasteiger partial charge >= 0.3 is 0 Å². The second-order valence-corrected chi connectivity index (χ2v) is 4.02. The van der Waals surface area contributed by atoms with E-state index >= 15 is 0 Å². The van der Waals surface area contributed by atoms with E-state index in [9.17, 15) is 10.2 Å². The smallest absolute Gasteiger partial charge is 0.164 e. The molecule has 1 saturated heterocycles. The summed E-state index contributed by atoms with van der Waals surface area (Å²) in [5.41, 5.74) is 0. The first-order chi connectivity index (χ1) is 6.91. The van der Waals surface area contributed by atoms with Gasteiger partial charge in [0, 0.05) is 0 Å². The van der Waals surface area contributed by atoms with E-state index in [0.717, 1.165) is 0 Å². The molecule has 0 saturated carbocycles. The summed E-state index contributed by atoms with van der Waals surface area (Å²) in [5, 5.41) is 19.3. The first-order valence-corrected chi connectivity index (χ1v) is 4.88. The van der Waals surface area contributed by atoms with Crippen LogP contribution >= 0.6 is 0 Å². The number of aliphatic hydroxyl groups excluding tert-OH is 2. The van der Waals surface area contributed by atoms with Crippen molar-refractivity contribution >= 4 is 0 Å². The number of ether oxygens (including phenoxy) is 2. The van der Waals surface area contributed by atoms with E-state index in [1.807, 2.05) is 0 Å². The maximum Gasteiger partial charge on any atom is 0.164 e. The van der Waals surface area contributed by atoms with Crippen LogP contribution in [-0.4, -0.2) is 40.4 Å². The molecule has 0 amide bonds. The quantitative estimate of drug-likeness (QED) is 0.673. The van der Waals surface area contributed by atoms with E-state index in [-0.39, 0.29) is 0 Å². The minimum absolute atomic E-state index is 0.620. The number of aliphatic hydroxyl groups is 2. The highest BCUT2D eigenvalue weighted by Gasteiger charge is 2.46. The number of rotatable bonds is 4. The summed E-state index contributed by atoms with van der Waals surface area (Å²) >= 11 is 0. The van der Waals surface area contributed by atoms with Crippen molar-refractivity contribution in [1.29, 1.82) is 0 Å². The van der Waals surface area contributed by atoms with Crippen molar-refractivity contribution in [2.24, 2.45) is 0 Å². The van der Waals surface area contributed by atoms with Gasteiger partial charge in [0.1, 0.15) is 24.4 Å². The van der Waals surface area contributed by atoms with Crippen LogP contribution in [0.2, 0.25) is 0 Å². The van der Waals surface area contributed by atoms with E-state index in [4.69, 9.17) is 9.47 Å². The summed E-state index contributed by atoms with van der Waals surface area (Å²) < 4.78 is 11.0. The Balaban J connectivity index is 2.83. The minimum Gasteiger partial charge on any atom is -0.386 e. The summed E-state index contributed by atoms with van der Waals surface area (Å²) in [7, 11) is 0. The van der Waals surface area contributed by atoms with Gasteiger partial charge in [0.25, 0.3) is 0 Å². The maximum atomic E-state index is 9.64. The Bertz CT molecular complexity index is 225. The molecule has 4 heteroatoms. The van der Waals surface area contributed by atoms with E-state index in [1.54, 1.807) is 13.8 Å². The Morgan fingerprint density at radius 2 is 1.40 bits per heavy atom. The third-order valence-electron chi connectivity index (χ3n) is 2.32. The van der Waals surface area contributed by atoms with Crippen LogP contribution in [0.3, 0.4) is 0 Å². The van der Waals surface area contributed by atoms with Crippen LogP contribution in [0.4, 0.5) is 0 Å². The Kier molecular flexibility index (Phi) is 3.67. The highest BCUT2D eigenvalue weighted by molar-refractivity contribution is 5.00. The topological polar surface area (TPSA) is 58.9 Å². The Hall–Kier alpha value is -0.680. The molecular formula is C11H18O4. The lowest BCUT2D eigenvalue weighted by molar-refractivity contribution is -0.157. The lowest BCUT2D eigenvalue weighted by atomic mass is 10.0. The molecule has 0 aromatic rings. The van der Waals surface area contributed by atoms with E-state index < -0.39 is 30.2 Å². The average molecular weight is 214 g/mol. The summed E-state index contributed by atoms with van der Waals surface area (Å²) in [6, 6.07) is 0. The molecule has 0 unspecified atom stereocenters.